The number of hydrogen-bond acceptors (Lipinski definition) is 4. The average Bonchev–Trinajstić information content (AvgIpc) is 2.46. The molecule has 1 aromatic carbocycles. The lowest BCUT2D eigenvalue weighted by molar-refractivity contribution is 0.387. The number of anilines is 3. The second-order valence-electron chi connectivity index (χ2n) is 4.15. The van der Waals surface area contributed by atoms with E-state index in [1.165, 1.54) is 19.2 Å². The second-order valence-corrected chi connectivity index (χ2v) is 4.97. The Hall–Kier alpha value is -1.72. The maximum Gasteiger partial charge on any atom is 0.165 e. The first-order valence-electron chi connectivity index (χ1n) is 6.25. The van der Waals surface area contributed by atoms with Crippen LogP contribution in [0.15, 0.2) is 24.3 Å². The lowest BCUT2D eigenvalue weighted by Crippen LogP contribution is -2.03. The van der Waals surface area contributed by atoms with Gasteiger partial charge in [-0.3, -0.25) is 0 Å². The fraction of sp³-hybridized carbons (Fsp3) is 0.214. The van der Waals surface area contributed by atoms with Gasteiger partial charge in [-0.15, -0.1) is 0 Å². The van der Waals surface area contributed by atoms with Crippen LogP contribution >= 0.6 is 23.2 Å². The SMILES string of the molecule is CCNc1nc(Nc2ccc(F)c(OC)c2)c(Cl)cc1Cl. The van der Waals surface area contributed by atoms with E-state index in [1.54, 1.807) is 12.1 Å². The van der Waals surface area contributed by atoms with Gasteiger partial charge in [0.25, 0.3) is 0 Å². The summed E-state index contributed by atoms with van der Waals surface area (Å²) in [4.78, 5) is 4.31. The molecule has 0 amide bonds. The molecule has 1 aromatic heterocycles. The molecule has 0 atom stereocenters. The van der Waals surface area contributed by atoms with Gasteiger partial charge in [0.05, 0.1) is 17.2 Å². The maximum atomic E-state index is 13.4. The third-order valence-electron chi connectivity index (χ3n) is 2.69. The molecule has 112 valence electrons. The van der Waals surface area contributed by atoms with Crippen LogP contribution in [0.25, 0.3) is 0 Å². The van der Waals surface area contributed by atoms with Crippen molar-refractivity contribution in [3.05, 3.63) is 40.1 Å². The molecule has 0 saturated carbocycles. The number of hydrogen-bond donors (Lipinski definition) is 2. The number of pyridine rings is 1. The highest BCUT2D eigenvalue weighted by molar-refractivity contribution is 6.37. The summed E-state index contributed by atoms with van der Waals surface area (Å²) in [6.45, 7) is 2.61. The number of methoxy groups -OCH3 is 1. The predicted molar refractivity (Wildman–Crippen MR) is 84.7 cm³/mol. The van der Waals surface area contributed by atoms with Crippen LogP contribution in [-0.2, 0) is 0 Å². The van der Waals surface area contributed by atoms with E-state index in [0.29, 0.717) is 33.9 Å². The quantitative estimate of drug-likeness (QED) is 0.833. The summed E-state index contributed by atoms with van der Waals surface area (Å²) in [5.41, 5.74) is 0.604. The number of nitrogens with one attached hydrogen (secondary N) is 2. The molecule has 21 heavy (non-hydrogen) atoms. The summed E-state index contributed by atoms with van der Waals surface area (Å²) in [6, 6.07) is 5.99. The van der Waals surface area contributed by atoms with Crippen molar-refractivity contribution in [2.75, 3.05) is 24.3 Å². The highest BCUT2D eigenvalue weighted by atomic mass is 35.5. The van der Waals surface area contributed by atoms with Crippen LogP contribution in [0.2, 0.25) is 10.0 Å². The van der Waals surface area contributed by atoms with Crippen LogP contribution in [0.5, 0.6) is 5.75 Å². The normalized spacial score (nSPS) is 10.3. The van der Waals surface area contributed by atoms with E-state index in [0.717, 1.165) is 0 Å². The van der Waals surface area contributed by atoms with Crippen molar-refractivity contribution in [3.63, 3.8) is 0 Å². The zero-order valence-corrected chi connectivity index (χ0v) is 13.0. The van der Waals surface area contributed by atoms with Gasteiger partial charge in [0.2, 0.25) is 0 Å². The highest BCUT2D eigenvalue weighted by Crippen LogP contribution is 2.32. The lowest BCUT2D eigenvalue weighted by Gasteiger charge is -2.12. The van der Waals surface area contributed by atoms with E-state index < -0.39 is 5.82 Å². The summed E-state index contributed by atoms with van der Waals surface area (Å²) < 4.78 is 18.3. The van der Waals surface area contributed by atoms with Crippen LogP contribution in [0.1, 0.15) is 6.92 Å². The van der Waals surface area contributed by atoms with Crippen molar-refractivity contribution in [3.8, 4) is 5.75 Å². The molecular formula is C14H14Cl2FN3O. The first-order chi connectivity index (χ1) is 10.0. The topological polar surface area (TPSA) is 46.2 Å². The van der Waals surface area contributed by atoms with Crippen molar-refractivity contribution in [2.45, 2.75) is 6.92 Å². The fourth-order valence-corrected chi connectivity index (χ4v) is 2.19. The van der Waals surface area contributed by atoms with Crippen LogP contribution in [0.4, 0.5) is 21.7 Å². The fourth-order valence-electron chi connectivity index (χ4n) is 1.72. The standard InChI is InChI=1S/C14H14Cl2FN3O/c1-3-18-13-9(15)7-10(16)14(20-13)19-8-4-5-11(17)12(6-8)21-2/h4-7H,3H2,1-2H3,(H2,18,19,20). The largest absolute Gasteiger partial charge is 0.494 e. The van der Waals surface area contributed by atoms with Gasteiger partial charge in [-0.05, 0) is 25.1 Å². The number of nitrogens with zero attached hydrogens (tertiary/aromatic N) is 1. The van der Waals surface area contributed by atoms with Crippen LogP contribution in [0, 0.1) is 5.82 Å². The van der Waals surface area contributed by atoms with Gasteiger partial charge in [0, 0.05) is 18.3 Å². The third kappa shape index (κ3) is 3.68. The Morgan fingerprint density at radius 1 is 1.19 bits per heavy atom. The number of ether oxygens (including phenoxy) is 1. The molecule has 0 unspecified atom stereocenters. The molecule has 0 spiro atoms. The number of benzene rings is 1. The zero-order chi connectivity index (χ0) is 15.4. The smallest absolute Gasteiger partial charge is 0.165 e. The average molecular weight is 330 g/mol. The Labute approximate surface area is 132 Å². The van der Waals surface area contributed by atoms with Crippen molar-refractivity contribution in [1.29, 1.82) is 0 Å². The van der Waals surface area contributed by atoms with E-state index in [2.05, 4.69) is 15.6 Å². The van der Waals surface area contributed by atoms with Crippen molar-refractivity contribution < 1.29 is 9.13 Å². The minimum Gasteiger partial charge on any atom is -0.494 e. The monoisotopic (exact) mass is 329 g/mol. The molecule has 2 rings (SSSR count). The van der Waals surface area contributed by atoms with Gasteiger partial charge in [-0.2, -0.15) is 0 Å². The van der Waals surface area contributed by atoms with Gasteiger partial charge in [-0.1, -0.05) is 23.2 Å². The predicted octanol–water partition coefficient (Wildman–Crippen LogP) is 4.71. The third-order valence-corrected chi connectivity index (χ3v) is 3.26. The van der Waals surface area contributed by atoms with E-state index in [1.807, 2.05) is 6.92 Å². The molecule has 1 heterocycles. The first-order valence-corrected chi connectivity index (χ1v) is 7.01. The van der Waals surface area contributed by atoms with Crippen molar-refractivity contribution in [2.24, 2.45) is 0 Å². The summed E-state index contributed by atoms with van der Waals surface area (Å²) in [6.07, 6.45) is 0. The molecule has 7 heteroatoms. The minimum absolute atomic E-state index is 0.136. The summed E-state index contributed by atoms with van der Waals surface area (Å²) in [7, 11) is 1.40. The zero-order valence-electron chi connectivity index (χ0n) is 11.5. The van der Waals surface area contributed by atoms with E-state index in [9.17, 15) is 4.39 Å². The Kier molecular flexibility index (Phi) is 5.09. The molecule has 0 bridgehead atoms. The molecule has 0 fully saturated rings. The Morgan fingerprint density at radius 2 is 1.90 bits per heavy atom. The molecule has 0 radical (unpaired) electrons. The molecule has 0 aliphatic heterocycles. The number of rotatable bonds is 5. The summed E-state index contributed by atoms with van der Waals surface area (Å²) in [5, 5.41) is 6.85. The Bertz CT molecular complexity index is 652. The van der Waals surface area contributed by atoms with Gasteiger partial charge >= 0.3 is 0 Å². The van der Waals surface area contributed by atoms with Gasteiger partial charge in [0.1, 0.15) is 5.82 Å². The van der Waals surface area contributed by atoms with Gasteiger partial charge in [0.15, 0.2) is 17.4 Å². The van der Waals surface area contributed by atoms with E-state index in [4.69, 9.17) is 27.9 Å². The van der Waals surface area contributed by atoms with Gasteiger partial charge < -0.3 is 15.4 Å². The van der Waals surface area contributed by atoms with E-state index >= 15 is 0 Å². The molecule has 0 aliphatic rings. The molecule has 4 nitrogen and oxygen atoms in total. The van der Waals surface area contributed by atoms with E-state index in [-0.39, 0.29) is 5.75 Å². The maximum absolute atomic E-state index is 13.4. The summed E-state index contributed by atoms with van der Waals surface area (Å²) in [5.74, 6) is 0.648. The van der Waals surface area contributed by atoms with Gasteiger partial charge in [-0.25, -0.2) is 9.37 Å². The van der Waals surface area contributed by atoms with Crippen LogP contribution in [0.3, 0.4) is 0 Å². The molecule has 0 aliphatic carbocycles. The molecular weight excluding hydrogens is 316 g/mol. The van der Waals surface area contributed by atoms with Crippen LogP contribution in [-0.4, -0.2) is 18.6 Å². The first kappa shape index (κ1) is 15.7. The Morgan fingerprint density at radius 3 is 2.57 bits per heavy atom. The molecule has 2 aromatic rings. The molecule has 0 saturated heterocycles. The van der Waals surface area contributed by atoms with Crippen molar-refractivity contribution in [1.82, 2.24) is 4.98 Å². The lowest BCUT2D eigenvalue weighted by atomic mass is 10.3. The minimum atomic E-state index is -0.438. The number of halogens is 3. The van der Waals surface area contributed by atoms with Crippen molar-refractivity contribution >= 4 is 40.5 Å². The number of aromatic nitrogens is 1. The molecule has 2 N–H and O–H groups in total. The second kappa shape index (κ2) is 6.83. The Balaban J connectivity index is 2.32. The highest BCUT2D eigenvalue weighted by Gasteiger charge is 2.10. The summed E-state index contributed by atoms with van der Waals surface area (Å²) >= 11 is 12.2. The van der Waals surface area contributed by atoms with Crippen LogP contribution < -0.4 is 15.4 Å².